The van der Waals surface area contributed by atoms with E-state index in [9.17, 15) is 9.59 Å². The SMILES string of the molecule is CC(C)C(COC(=O)Cc1ccccc1)NC(=O)OCc1ccccc1. The van der Waals surface area contributed by atoms with Crippen LogP contribution in [0.4, 0.5) is 4.79 Å². The number of carbonyl (C=O) groups excluding carboxylic acids is 2. The zero-order valence-corrected chi connectivity index (χ0v) is 15.2. The van der Waals surface area contributed by atoms with E-state index in [4.69, 9.17) is 9.47 Å². The molecular formula is C21H25NO4. The van der Waals surface area contributed by atoms with Crippen LogP contribution in [0.15, 0.2) is 60.7 Å². The zero-order chi connectivity index (χ0) is 18.8. The first kappa shape index (κ1) is 19.5. The highest BCUT2D eigenvalue weighted by molar-refractivity contribution is 5.72. The van der Waals surface area contributed by atoms with E-state index >= 15 is 0 Å². The zero-order valence-electron chi connectivity index (χ0n) is 15.2. The Morgan fingerprint density at radius 3 is 2.04 bits per heavy atom. The Bertz CT molecular complexity index is 686. The minimum Gasteiger partial charge on any atom is -0.463 e. The van der Waals surface area contributed by atoms with Crippen LogP contribution in [0.25, 0.3) is 0 Å². The smallest absolute Gasteiger partial charge is 0.407 e. The molecule has 138 valence electrons. The topological polar surface area (TPSA) is 64.6 Å². The quantitative estimate of drug-likeness (QED) is 0.733. The minimum absolute atomic E-state index is 0.101. The number of alkyl carbamates (subject to hydrolysis) is 1. The van der Waals surface area contributed by atoms with Crippen molar-refractivity contribution in [2.45, 2.75) is 32.9 Å². The first-order chi connectivity index (χ1) is 12.5. The summed E-state index contributed by atoms with van der Waals surface area (Å²) in [5.74, 6) is -0.217. The third-order valence-corrected chi connectivity index (χ3v) is 3.94. The molecule has 2 aromatic rings. The molecule has 1 atom stereocenters. The number of esters is 1. The minimum atomic E-state index is -0.522. The standard InChI is InChI=1S/C21H25NO4/c1-16(2)19(15-25-20(23)13-17-9-5-3-6-10-17)22-21(24)26-14-18-11-7-4-8-12-18/h3-12,16,19H,13-15H2,1-2H3,(H,22,24). The van der Waals surface area contributed by atoms with Gasteiger partial charge in [-0.1, -0.05) is 74.5 Å². The van der Waals surface area contributed by atoms with E-state index in [1.807, 2.05) is 74.5 Å². The van der Waals surface area contributed by atoms with E-state index in [0.717, 1.165) is 11.1 Å². The molecule has 0 radical (unpaired) electrons. The lowest BCUT2D eigenvalue weighted by Gasteiger charge is -2.22. The summed E-state index contributed by atoms with van der Waals surface area (Å²) in [6.45, 7) is 4.22. The summed E-state index contributed by atoms with van der Waals surface area (Å²) in [6.07, 6.45) is -0.309. The number of benzene rings is 2. The number of carbonyl (C=O) groups is 2. The van der Waals surface area contributed by atoms with Crippen molar-refractivity contribution in [3.05, 3.63) is 71.8 Å². The summed E-state index contributed by atoms with van der Waals surface area (Å²) in [6, 6.07) is 18.6. The normalized spacial score (nSPS) is 11.7. The van der Waals surface area contributed by atoms with Gasteiger partial charge in [-0.25, -0.2) is 4.79 Å². The number of rotatable bonds is 8. The van der Waals surface area contributed by atoms with Crippen LogP contribution in [0, 0.1) is 5.92 Å². The van der Waals surface area contributed by atoms with Gasteiger partial charge in [-0.05, 0) is 17.0 Å². The Balaban J connectivity index is 1.76. The molecule has 2 aromatic carbocycles. The van der Waals surface area contributed by atoms with Crippen molar-refractivity contribution >= 4 is 12.1 Å². The Labute approximate surface area is 154 Å². The highest BCUT2D eigenvalue weighted by Gasteiger charge is 2.19. The first-order valence-corrected chi connectivity index (χ1v) is 8.71. The average molecular weight is 355 g/mol. The monoisotopic (exact) mass is 355 g/mol. The van der Waals surface area contributed by atoms with Gasteiger partial charge in [0, 0.05) is 0 Å². The van der Waals surface area contributed by atoms with E-state index < -0.39 is 6.09 Å². The molecule has 0 heterocycles. The molecule has 1 amide bonds. The van der Waals surface area contributed by atoms with Crippen molar-refractivity contribution in [2.24, 2.45) is 5.92 Å². The summed E-state index contributed by atoms with van der Waals surface area (Å²) >= 11 is 0. The summed E-state index contributed by atoms with van der Waals surface area (Å²) in [5, 5.41) is 2.77. The van der Waals surface area contributed by atoms with Gasteiger partial charge in [0.05, 0.1) is 12.5 Å². The van der Waals surface area contributed by atoms with Crippen molar-refractivity contribution in [1.82, 2.24) is 5.32 Å². The fraction of sp³-hybridized carbons (Fsp3) is 0.333. The molecule has 26 heavy (non-hydrogen) atoms. The molecule has 0 spiro atoms. The molecule has 0 aliphatic carbocycles. The molecule has 0 fully saturated rings. The second-order valence-electron chi connectivity index (χ2n) is 6.40. The van der Waals surface area contributed by atoms with Crippen LogP contribution in [0.5, 0.6) is 0 Å². The van der Waals surface area contributed by atoms with Crippen LogP contribution >= 0.6 is 0 Å². The number of ether oxygens (including phenoxy) is 2. The van der Waals surface area contributed by atoms with Crippen LogP contribution in [0.2, 0.25) is 0 Å². The van der Waals surface area contributed by atoms with Gasteiger partial charge < -0.3 is 14.8 Å². The van der Waals surface area contributed by atoms with Crippen molar-refractivity contribution in [1.29, 1.82) is 0 Å². The van der Waals surface area contributed by atoms with E-state index in [1.165, 1.54) is 0 Å². The lowest BCUT2D eigenvalue weighted by Crippen LogP contribution is -2.42. The van der Waals surface area contributed by atoms with Gasteiger partial charge in [0.2, 0.25) is 0 Å². The van der Waals surface area contributed by atoms with Gasteiger partial charge in [0.15, 0.2) is 0 Å². The molecule has 2 rings (SSSR count). The largest absolute Gasteiger partial charge is 0.463 e. The number of hydrogen-bond donors (Lipinski definition) is 1. The molecule has 0 saturated carbocycles. The first-order valence-electron chi connectivity index (χ1n) is 8.71. The van der Waals surface area contributed by atoms with Gasteiger partial charge in [0.1, 0.15) is 13.2 Å². The third kappa shape index (κ3) is 6.97. The van der Waals surface area contributed by atoms with E-state index in [0.29, 0.717) is 0 Å². The Kier molecular flexibility index (Phi) is 7.68. The van der Waals surface area contributed by atoms with E-state index in [-0.39, 0.29) is 37.6 Å². The van der Waals surface area contributed by atoms with Crippen molar-refractivity contribution < 1.29 is 19.1 Å². The van der Waals surface area contributed by atoms with Crippen molar-refractivity contribution in [3.63, 3.8) is 0 Å². The second kappa shape index (κ2) is 10.2. The fourth-order valence-corrected chi connectivity index (χ4v) is 2.31. The summed E-state index contributed by atoms with van der Waals surface area (Å²) in [7, 11) is 0. The number of hydrogen-bond acceptors (Lipinski definition) is 4. The second-order valence-corrected chi connectivity index (χ2v) is 6.40. The van der Waals surface area contributed by atoms with E-state index in [1.54, 1.807) is 0 Å². The molecule has 1 unspecified atom stereocenters. The van der Waals surface area contributed by atoms with Crippen LogP contribution in [-0.4, -0.2) is 24.7 Å². The molecule has 0 aliphatic heterocycles. The molecule has 0 aliphatic rings. The van der Waals surface area contributed by atoms with Gasteiger partial charge in [-0.15, -0.1) is 0 Å². The summed E-state index contributed by atoms with van der Waals surface area (Å²) < 4.78 is 10.5. The van der Waals surface area contributed by atoms with Crippen LogP contribution in [0.1, 0.15) is 25.0 Å². The molecule has 0 saturated heterocycles. The summed E-state index contributed by atoms with van der Waals surface area (Å²) in [5.41, 5.74) is 1.81. The van der Waals surface area contributed by atoms with Crippen LogP contribution in [0.3, 0.4) is 0 Å². The molecule has 5 nitrogen and oxygen atoms in total. The lowest BCUT2D eigenvalue weighted by atomic mass is 10.1. The van der Waals surface area contributed by atoms with Gasteiger partial charge in [0.25, 0.3) is 0 Å². The van der Waals surface area contributed by atoms with Crippen LogP contribution in [-0.2, 0) is 27.3 Å². The van der Waals surface area contributed by atoms with Gasteiger partial charge in [-0.3, -0.25) is 4.79 Å². The fourth-order valence-electron chi connectivity index (χ4n) is 2.31. The predicted molar refractivity (Wildman–Crippen MR) is 99.5 cm³/mol. The Morgan fingerprint density at radius 2 is 1.46 bits per heavy atom. The highest BCUT2D eigenvalue weighted by Crippen LogP contribution is 2.06. The summed E-state index contributed by atoms with van der Waals surface area (Å²) in [4.78, 5) is 24.0. The third-order valence-electron chi connectivity index (χ3n) is 3.94. The number of nitrogens with one attached hydrogen (secondary N) is 1. The lowest BCUT2D eigenvalue weighted by molar-refractivity contribution is -0.143. The highest BCUT2D eigenvalue weighted by atomic mass is 16.6. The van der Waals surface area contributed by atoms with Crippen LogP contribution < -0.4 is 5.32 Å². The van der Waals surface area contributed by atoms with Gasteiger partial charge >= 0.3 is 12.1 Å². The maximum atomic E-state index is 12.0. The maximum Gasteiger partial charge on any atom is 0.407 e. The maximum absolute atomic E-state index is 12.0. The van der Waals surface area contributed by atoms with Gasteiger partial charge in [-0.2, -0.15) is 0 Å². The van der Waals surface area contributed by atoms with Crippen molar-refractivity contribution in [3.8, 4) is 0 Å². The van der Waals surface area contributed by atoms with E-state index in [2.05, 4.69) is 5.32 Å². The molecule has 5 heteroatoms. The number of amides is 1. The Hall–Kier alpha value is -2.82. The molecule has 1 N–H and O–H groups in total. The predicted octanol–water partition coefficient (Wildman–Crippen LogP) is 3.72. The average Bonchev–Trinajstić information content (AvgIpc) is 2.65. The Morgan fingerprint density at radius 1 is 0.885 bits per heavy atom. The molecule has 0 bridgehead atoms. The van der Waals surface area contributed by atoms with Crippen molar-refractivity contribution in [2.75, 3.05) is 6.61 Å². The molecular weight excluding hydrogens is 330 g/mol. The molecule has 0 aromatic heterocycles.